The molecule has 0 bridgehead atoms. The number of nitrogens with one attached hydrogen (secondary N) is 1. The SMILES string of the molecule is CCC(=O)c1cc(NC(=O)OC(C)(C)C)ccc1O. The highest BCUT2D eigenvalue weighted by Gasteiger charge is 2.17. The van der Waals surface area contributed by atoms with E-state index in [0.29, 0.717) is 5.69 Å². The lowest BCUT2D eigenvalue weighted by molar-refractivity contribution is 0.0635. The first-order valence-electron chi connectivity index (χ1n) is 6.09. The summed E-state index contributed by atoms with van der Waals surface area (Å²) in [7, 11) is 0. The van der Waals surface area contributed by atoms with Crippen LogP contribution in [0.5, 0.6) is 5.75 Å². The van der Waals surface area contributed by atoms with Crippen molar-refractivity contribution in [2.75, 3.05) is 5.32 Å². The summed E-state index contributed by atoms with van der Waals surface area (Å²) in [6.45, 7) is 6.98. The fourth-order valence-corrected chi connectivity index (χ4v) is 1.45. The Labute approximate surface area is 112 Å². The summed E-state index contributed by atoms with van der Waals surface area (Å²) < 4.78 is 5.10. The number of amides is 1. The first kappa shape index (κ1) is 15.0. The largest absolute Gasteiger partial charge is 0.507 e. The van der Waals surface area contributed by atoms with Gasteiger partial charge in [0.05, 0.1) is 5.56 Å². The molecule has 5 nitrogen and oxygen atoms in total. The Morgan fingerprint density at radius 3 is 2.47 bits per heavy atom. The number of hydrogen-bond acceptors (Lipinski definition) is 4. The third kappa shape index (κ3) is 4.62. The normalized spacial score (nSPS) is 10.9. The summed E-state index contributed by atoms with van der Waals surface area (Å²) >= 11 is 0. The number of benzene rings is 1. The van der Waals surface area contributed by atoms with E-state index in [1.165, 1.54) is 18.2 Å². The van der Waals surface area contributed by atoms with Crippen LogP contribution in [0.3, 0.4) is 0 Å². The standard InChI is InChI=1S/C14H19NO4/c1-5-11(16)10-8-9(6-7-12(10)17)15-13(18)19-14(2,3)4/h6-8,17H,5H2,1-4H3,(H,15,18). The molecule has 104 valence electrons. The Balaban J connectivity index is 2.86. The number of hydrogen-bond donors (Lipinski definition) is 2. The molecular weight excluding hydrogens is 246 g/mol. The van der Waals surface area contributed by atoms with Crippen molar-refractivity contribution in [2.24, 2.45) is 0 Å². The minimum absolute atomic E-state index is 0.0958. The van der Waals surface area contributed by atoms with Crippen LogP contribution < -0.4 is 5.32 Å². The van der Waals surface area contributed by atoms with Crippen molar-refractivity contribution in [2.45, 2.75) is 39.7 Å². The second-order valence-electron chi connectivity index (χ2n) is 5.14. The van der Waals surface area contributed by atoms with Crippen LogP contribution in [0.4, 0.5) is 10.5 Å². The molecular formula is C14H19NO4. The number of anilines is 1. The molecule has 19 heavy (non-hydrogen) atoms. The van der Waals surface area contributed by atoms with Gasteiger partial charge >= 0.3 is 6.09 Å². The van der Waals surface area contributed by atoms with Crippen LogP contribution in [0.15, 0.2) is 18.2 Å². The number of carbonyl (C=O) groups is 2. The topological polar surface area (TPSA) is 75.6 Å². The summed E-state index contributed by atoms with van der Waals surface area (Å²) in [4.78, 5) is 23.2. The molecule has 0 fully saturated rings. The van der Waals surface area contributed by atoms with Gasteiger partial charge in [0.1, 0.15) is 11.4 Å². The van der Waals surface area contributed by atoms with Gasteiger partial charge < -0.3 is 9.84 Å². The van der Waals surface area contributed by atoms with Crippen LogP contribution in [-0.2, 0) is 4.74 Å². The highest BCUT2D eigenvalue weighted by molar-refractivity contribution is 6.00. The van der Waals surface area contributed by atoms with Crippen LogP contribution in [0.1, 0.15) is 44.5 Å². The zero-order valence-corrected chi connectivity index (χ0v) is 11.6. The van der Waals surface area contributed by atoms with Gasteiger partial charge in [-0.15, -0.1) is 0 Å². The molecule has 1 amide bonds. The molecule has 0 spiro atoms. The van der Waals surface area contributed by atoms with Crippen LogP contribution in [-0.4, -0.2) is 22.6 Å². The predicted molar refractivity (Wildman–Crippen MR) is 72.6 cm³/mol. The number of ketones is 1. The summed E-state index contributed by atoms with van der Waals surface area (Å²) in [6, 6.07) is 4.31. The van der Waals surface area contributed by atoms with E-state index in [0.717, 1.165) is 0 Å². The minimum atomic E-state index is -0.604. The molecule has 5 heteroatoms. The number of Topliss-reactive ketones (excluding diaryl/α,β-unsaturated/α-hetero) is 1. The van der Waals surface area contributed by atoms with Crippen molar-refractivity contribution >= 4 is 17.6 Å². The van der Waals surface area contributed by atoms with Crippen molar-refractivity contribution < 1.29 is 19.4 Å². The molecule has 2 N–H and O–H groups in total. The van der Waals surface area contributed by atoms with Gasteiger partial charge in [-0.25, -0.2) is 4.79 Å². The van der Waals surface area contributed by atoms with Crippen molar-refractivity contribution in [1.82, 2.24) is 0 Å². The fourth-order valence-electron chi connectivity index (χ4n) is 1.45. The van der Waals surface area contributed by atoms with Gasteiger partial charge in [-0.05, 0) is 39.0 Å². The maximum atomic E-state index is 11.6. The van der Waals surface area contributed by atoms with E-state index in [4.69, 9.17) is 4.74 Å². The van der Waals surface area contributed by atoms with E-state index in [1.54, 1.807) is 27.7 Å². The average Bonchev–Trinajstić information content (AvgIpc) is 2.28. The molecule has 0 heterocycles. The Morgan fingerprint density at radius 1 is 1.32 bits per heavy atom. The lowest BCUT2D eigenvalue weighted by Gasteiger charge is -2.19. The Morgan fingerprint density at radius 2 is 1.95 bits per heavy atom. The second kappa shape index (κ2) is 5.73. The van der Waals surface area contributed by atoms with E-state index in [9.17, 15) is 14.7 Å². The molecule has 0 aromatic heterocycles. The molecule has 1 aromatic rings. The Kier molecular flexibility index (Phi) is 4.53. The minimum Gasteiger partial charge on any atom is -0.507 e. The van der Waals surface area contributed by atoms with E-state index in [2.05, 4.69) is 5.32 Å². The molecule has 1 aromatic carbocycles. The quantitative estimate of drug-likeness (QED) is 0.649. The average molecular weight is 265 g/mol. The molecule has 0 unspecified atom stereocenters. The maximum absolute atomic E-state index is 11.6. The first-order chi connectivity index (χ1) is 8.73. The molecule has 0 saturated heterocycles. The maximum Gasteiger partial charge on any atom is 0.412 e. The third-order valence-electron chi connectivity index (χ3n) is 2.26. The molecule has 0 atom stereocenters. The molecule has 0 saturated carbocycles. The van der Waals surface area contributed by atoms with Crippen LogP contribution in [0.25, 0.3) is 0 Å². The molecule has 1 rings (SSSR count). The van der Waals surface area contributed by atoms with E-state index < -0.39 is 11.7 Å². The van der Waals surface area contributed by atoms with Crippen molar-refractivity contribution in [3.05, 3.63) is 23.8 Å². The Bertz CT molecular complexity index is 489. The third-order valence-corrected chi connectivity index (χ3v) is 2.26. The van der Waals surface area contributed by atoms with Gasteiger partial charge in [-0.3, -0.25) is 10.1 Å². The van der Waals surface area contributed by atoms with Gasteiger partial charge in [0.15, 0.2) is 5.78 Å². The predicted octanol–water partition coefficient (Wildman–Crippen LogP) is 3.33. The lowest BCUT2D eigenvalue weighted by atomic mass is 10.1. The fraction of sp³-hybridized carbons (Fsp3) is 0.429. The number of phenolic OH excluding ortho intramolecular Hbond substituents is 1. The highest BCUT2D eigenvalue weighted by Crippen LogP contribution is 2.23. The van der Waals surface area contributed by atoms with Gasteiger partial charge in [-0.1, -0.05) is 6.92 Å². The summed E-state index contributed by atoms with van der Waals surface area (Å²) in [5.41, 5.74) is 0.00296. The van der Waals surface area contributed by atoms with Crippen molar-refractivity contribution in [1.29, 1.82) is 0 Å². The van der Waals surface area contributed by atoms with Crippen LogP contribution >= 0.6 is 0 Å². The number of rotatable bonds is 3. The zero-order valence-electron chi connectivity index (χ0n) is 11.6. The molecule has 0 radical (unpaired) electrons. The van der Waals surface area contributed by atoms with Gasteiger partial charge in [0, 0.05) is 12.1 Å². The monoisotopic (exact) mass is 265 g/mol. The van der Waals surface area contributed by atoms with E-state index in [-0.39, 0.29) is 23.5 Å². The van der Waals surface area contributed by atoms with Gasteiger partial charge in [0.25, 0.3) is 0 Å². The highest BCUT2D eigenvalue weighted by atomic mass is 16.6. The Hall–Kier alpha value is -2.04. The van der Waals surface area contributed by atoms with Gasteiger partial charge in [-0.2, -0.15) is 0 Å². The number of phenols is 1. The molecule has 0 aliphatic carbocycles. The zero-order chi connectivity index (χ0) is 14.6. The van der Waals surface area contributed by atoms with Crippen LogP contribution in [0, 0.1) is 0 Å². The number of aromatic hydroxyl groups is 1. The first-order valence-corrected chi connectivity index (χ1v) is 6.09. The number of ether oxygens (including phenoxy) is 1. The lowest BCUT2D eigenvalue weighted by Crippen LogP contribution is -2.27. The van der Waals surface area contributed by atoms with Gasteiger partial charge in [0.2, 0.25) is 0 Å². The second-order valence-corrected chi connectivity index (χ2v) is 5.14. The summed E-state index contributed by atoms with van der Waals surface area (Å²) in [6.07, 6.45) is -0.322. The van der Waals surface area contributed by atoms with Crippen molar-refractivity contribution in [3.8, 4) is 5.75 Å². The smallest absolute Gasteiger partial charge is 0.412 e. The van der Waals surface area contributed by atoms with E-state index in [1.807, 2.05) is 0 Å². The van der Waals surface area contributed by atoms with E-state index >= 15 is 0 Å². The molecule has 0 aliphatic heterocycles. The summed E-state index contributed by atoms with van der Waals surface area (Å²) in [5.74, 6) is -0.285. The van der Waals surface area contributed by atoms with Crippen LogP contribution in [0.2, 0.25) is 0 Å². The van der Waals surface area contributed by atoms with Crippen molar-refractivity contribution in [3.63, 3.8) is 0 Å². The molecule has 0 aliphatic rings. The summed E-state index contributed by atoms with van der Waals surface area (Å²) in [5, 5.41) is 12.1. The number of carbonyl (C=O) groups excluding carboxylic acids is 2.